The number of carboxylic acids is 1. The first-order valence-electron chi connectivity index (χ1n) is 6.48. The van der Waals surface area contributed by atoms with Crippen LogP contribution in [0.5, 0.6) is 0 Å². The van der Waals surface area contributed by atoms with Crippen LogP contribution in [0.2, 0.25) is 0 Å². The maximum absolute atomic E-state index is 12.4. The topological polar surface area (TPSA) is 49.3 Å². The lowest BCUT2D eigenvalue weighted by atomic mass is 9.86. The summed E-state index contributed by atoms with van der Waals surface area (Å²) >= 11 is 0. The number of nitrogens with one attached hydrogen (secondary N) is 1. The summed E-state index contributed by atoms with van der Waals surface area (Å²) < 4.78 is 37.3. The quantitative estimate of drug-likeness (QED) is 0.886. The zero-order valence-corrected chi connectivity index (χ0v) is 10.8. The van der Waals surface area contributed by atoms with Gasteiger partial charge in [0.1, 0.15) is 0 Å². The molecule has 1 aliphatic rings. The van der Waals surface area contributed by atoms with Crippen molar-refractivity contribution in [2.45, 2.75) is 31.9 Å². The van der Waals surface area contributed by atoms with E-state index in [4.69, 9.17) is 0 Å². The van der Waals surface area contributed by atoms with Crippen molar-refractivity contribution in [1.29, 1.82) is 0 Å². The van der Waals surface area contributed by atoms with Crippen molar-refractivity contribution in [2.75, 3.05) is 11.9 Å². The minimum Gasteiger partial charge on any atom is -0.481 e. The highest BCUT2D eigenvalue weighted by Gasteiger charge is 2.41. The van der Waals surface area contributed by atoms with Crippen LogP contribution in [-0.4, -0.2) is 17.6 Å². The van der Waals surface area contributed by atoms with Gasteiger partial charge in [0.15, 0.2) is 0 Å². The Bertz CT molecular complexity index is 476. The normalized spacial score (nSPS) is 17.9. The van der Waals surface area contributed by atoms with Crippen LogP contribution in [0, 0.1) is 5.41 Å². The van der Waals surface area contributed by atoms with Gasteiger partial charge >= 0.3 is 12.1 Å². The van der Waals surface area contributed by atoms with Gasteiger partial charge in [-0.3, -0.25) is 4.79 Å². The van der Waals surface area contributed by atoms with Crippen LogP contribution in [0.15, 0.2) is 24.3 Å². The van der Waals surface area contributed by atoms with Crippen molar-refractivity contribution in [3.8, 4) is 0 Å². The van der Waals surface area contributed by atoms with E-state index in [0.717, 1.165) is 25.0 Å². The van der Waals surface area contributed by atoms with Gasteiger partial charge in [-0.15, -0.1) is 0 Å². The minimum absolute atomic E-state index is 0.244. The van der Waals surface area contributed by atoms with Crippen LogP contribution in [0.4, 0.5) is 18.9 Å². The number of aliphatic carboxylic acids is 1. The Morgan fingerprint density at radius 3 is 2.20 bits per heavy atom. The maximum Gasteiger partial charge on any atom is 0.416 e. The van der Waals surface area contributed by atoms with Crippen molar-refractivity contribution < 1.29 is 23.1 Å². The Labute approximate surface area is 114 Å². The van der Waals surface area contributed by atoms with Gasteiger partial charge in [-0.1, -0.05) is 12.8 Å². The molecule has 1 saturated carbocycles. The largest absolute Gasteiger partial charge is 0.481 e. The van der Waals surface area contributed by atoms with E-state index >= 15 is 0 Å². The third kappa shape index (κ3) is 3.05. The van der Waals surface area contributed by atoms with Gasteiger partial charge in [0.05, 0.1) is 11.0 Å². The van der Waals surface area contributed by atoms with Gasteiger partial charge in [0, 0.05) is 12.2 Å². The summed E-state index contributed by atoms with van der Waals surface area (Å²) in [5, 5.41) is 12.2. The number of alkyl halides is 3. The highest BCUT2D eigenvalue weighted by atomic mass is 19.4. The zero-order chi connectivity index (χ0) is 14.8. The molecule has 0 bridgehead atoms. The molecule has 0 heterocycles. The summed E-state index contributed by atoms with van der Waals surface area (Å²) in [6, 6.07) is 4.63. The molecule has 2 rings (SSSR count). The Morgan fingerprint density at radius 1 is 1.20 bits per heavy atom. The fourth-order valence-electron chi connectivity index (χ4n) is 2.57. The molecule has 0 saturated heterocycles. The molecule has 0 amide bonds. The first kappa shape index (κ1) is 14.7. The lowest BCUT2D eigenvalue weighted by Crippen LogP contribution is -2.35. The maximum atomic E-state index is 12.4. The number of rotatable bonds is 4. The third-order valence-corrected chi connectivity index (χ3v) is 3.86. The van der Waals surface area contributed by atoms with E-state index in [9.17, 15) is 23.1 Å². The number of carbonyl (C=O) groups is 1. The molecule has 1 aromatic rings. The van der Waals surface area contributed by atoms with Crippen molar-refractivity contribution in [1.82, 2.24) is 0 Å². The molecular weight excluding hydrogens is 271 g/mol. The summed E-state index contributed by atoms with van der Waals surface area (Å²) in [7, 11) is 0. The van der Waals surface area contributed by atoms with Crippen LogP contribution < -0.4 is 5.32 Å². The van der Waals surface area contributed by atoms with E-state index in [-0.39, 0.29) is 6.54 Å². The Kier molecular flexibility index (Phi) is 3.92. The molecule has 3 nitrogen and oxygen atoms in total. The second kappa shape index (κ2) is 5.34. The molecule has 110 valence electrons. The average molecular weight is 287 g/mol. The number of hydrogen-bond acceptors (Lipinski definition) is 2. The highest BCUT2D eigenvalue weighted by molar-refractivity contribution is 5.76. The lowest BCUT2D eigenvalue weighted by Gasteiger charge is -2.24. The summed E-state index contributed by atoms with van der Waals surface area (Å²) in [5.41, 5.74) is -0.995. The molecule has 0 atom stereocenters. The number of halogens is 3. The van der Waals surface area contributed by atoms with E-state index in [2.05, 4.69) is 5.32 Å². The summed E-state index contributed by atoms with van der Waals surface area (Å²) in [6.45, 7) is 0.244. The molecule has 0 aromatic heterocycles. The molecular formula is C14H16F3NO2. The van der Waals surface area contributed by atoms with Crippen molar-refractivity contribution >= 4 is 11.7 Å². The Balaban J connectivity index is 2.02. The smallest absolute Gasteiger partial charge is 0.416 e. The van der Waals surface area contributed by atoms with E-state index < -0.39 is 23.1 Å². The third-order valence-electron chi connectivity index (χ3n) is 3.86. The number of anilines is 1. The lowest BCUT2D eigenvalue weighted by molar-refractivity contribution is -0.147. The molecule has 2 N–H and O–H groups in total. The van der Waals surface area contributed by atoms with Gasteiger partial charge in [-0.2, -0.15) is 13.2 Å². The highest BCUT2D eigenvalue weighted by Crippen LogP contribution is 2.38. The zero-order valence-electron chi connectivity index (χ0n) is 10.8. The van der Waals surface area contributed by atoms with Gasteiger partial charge in [0.2, 0.25) is 0 Å². The summed E-state index contributed by atoms with van der Waals surface area (Å²) in [6.07, 6.45) is -1.39. The molecule has 20 heavy (non-hydrogen) atoms. The summed E-state index contributed by atoms with van der Waals surface area (Å²) in [4.78, 5) is 11.3. The van der Waals surface area contributed by atoms with Crippen molar-refractivity contribution in [3.63, 3.8) is 0 Å². The van der Waals surface area contributed by atoms with Gasteiger partial charge < -0.3 is 10.4 Å². The molecule has 1 aromatic carbocycles. The number of benzene rings is 1. The Hall–Kier alpha value is -1.72. The van der Waals surface area contributed by atoms with E-state index in [1.165, 1.54) is 12.1 Å². The van der Waals surface area contributed by atoms with E-state index in [0.29, 0.717) is 18.5 Å². The molecule has 0 spiro atoms. The monoisotopic (exact) mass is 287 g/mol. The van der Waals surface area contributed by atoms with Crippen LogP contribution in [0.1, 0.15) is 31.2 Å². The fraction of sp³-hybridized carbons (Fsp3) is 0.500. The second-order valence-electron chi connectivity index (χ2n) is 5.22. The molecule has 1 fully saturated rings. The van der Waals surface area contributed by atoms with Crippen LogP contribution >= 0.6 is 0 Å². The molecule has 0 aliphatic heterocycles. The van der Waals surface area contributed by atoms with Gasteiger partial charge in [-0.25, -0.2) is 0 Å². The predicted octanol–water partition coefficient (Wildman–Crippen LogP) is 3.76. The molecule has 1 aliphatic carbocycles. The van der Waals surface area contributed by atoms with E-state index in [1.807, 2.05) is 0 Å². The SMILES string of the molecule is O=C(O)C1(CNc2ccc(C(F)(F)F)cc2)CCCC1. The van der Waals surface area contributed by atoms with Crippen molar-refractivity contribution in [2.24, 2.45) is 5.41 Å². The van der Waals surface area contributed by atoms with Crippen LogP contribution in [0.3, 0.4) is 0 Å². The molecule has 0 unspecified atom stereocenters. The van der Waals surface area contributed by atoms with Gasteiger partial charge in [-0.05, 0) is 37.1 Å². The standard InChI is InChI=1S/C14H16F3NO2/c15-14(16,17)10-3-5-11(6-4-10)18-9-13(12(19)20)7-1-2-8-13/h3-6,18H,1-2,7-9H2,(H,19,20). The fourth-order valence-corrected chi connectivity index (χ4v) is 2.57. The second-order valence-corrected chi connectivity index (χ2v) is 5.22. The average Bonchev–Trinajstić information content (AvgIpc) is 2.86. The molecule has 6 heteroatoms. The van der Waals surface area contributed by atoms with Crippen molar-refractivity contribution in [3.05, 3.63) is 29.8 Å². The van der Waals surface area contributed by atoms with Crippen LogP contribution in [0.25, 0.3) is 0 Å². The van der Waals surface area contributed by atoms with Gasteiger partial charge in [0.25, 0.3) is 0 Å². The minimum atomic E-state index is -4.35. The predicted molar refractivity (Wildman–Crippen MR) is 68.5 cm³/mol. The summed E-state index contributed by atoms with van der Waals surface area (Å²) in [5.74, 6) is -0.839. The first-order valence-corrected chi connectivity index (χ1v) is 6.48. The number of carboxylic acid groups (broad SMARTS) is 1. The Morgan fingerprint density at radius 2 is 1.75 bits per heavy atom. The van der Waals surface area contributed by atoms with E-state index in [1.54, 1.807) is 0 Å². The first-order chi connectivity index (χ1) is 9.33. The number of hydrogen-bond donors (Lipinski definition) is 2. The van der Waals surface area contributed by atoms with Crippen LogP contribution in [-0.2, 0) is 11.0 Å². The molecule has 0 radical (unpaired) electrons.